The van der Waals surface area contributed by atoms with E-state index in [-0.39, 0.29) is 25.0 Å². The molecule has 0 spiro atoms. The van der Waals surface area contributed by atoms with Crippen molar-refractivity contribution in [3.8, 4) is 0 Å². The first-order valence-electron chi connectivity index (χ1n) is 9.95. The van der Waals surface area contributed by atoms with Gasteiger partial charge in [0.05, 0.1) is 24.9 Å². The normalized spacial score (nSPS) is 26.2. The summed E-state index contributed by atoms with van der Waals surface area (Å²) in [5, 5.41) is 40.5. The monoisotopic (exact) mass is 359 g/mol. The molecule has 0 unspecified atom stereocenters. The number of unbranched alkanes of at least 4 members (excludes halogenated alkanes) is 7. The summed E-state index contributed by atoms with van der Waals surface area (Å²) in [6.07, 6.45) is 9.84. The van der Waals surface area contributed by atoms with E-state index >= 15 is 0 Å². The van der Waals surface area contributed by atoms with E-state index < -0.39 is 18.2 Å². The van der Waals surface area contributed by atoms with Gasteiger partial charge in [0, 0.05) is 25.5 Å². The second-order valence-corrected chi connectivity index (χ2v) is 7.28. The SMILES string of the molecule is O=C(CCCO)CCCCCCCCCC[C@H]1N[C@H](CO)[C@@H](O)[C@@H]1O. The van der Waals surface area contributed by atoms with E-state index in [1.165, 1.54) is 25.7 Å². The Hall–Kier alpha value is -0.530. The summed E-state index contributed by atoms with van der Waals surface area (Å²) in [7, 11) is 0. The van der Waals surface area contributed by atoms with Gasteiger partial charge in [0.25, 0.3) is 0 Å². The van der Waals surface area contributed by atoms with Gasteiger partial charge in [-0.3, -0.25) is 4.79 Å². The maximum Gasteiger partial charge on any atom is 0.132 e. The Morgan fingerprint density at radius 1 is 0.720 bits per heavy atom. The molecule has 0 saturated carbocycles. The maximum atomic E-state index is 11.4. The van der Waals surface area contributed by atoms with Crippen LogP contribution in [0.25, 0.3) is 0 Å². The van der Waals surface area contributed by atoms with E-state index in [1.807, 2.05) is 0 Å². The Kier molecular flexibility index (Phi) is 12.3. The number of hydrogen-bond acceptors (Lipinski definition) is 6. The summed E-state index contributed by atoms with van der Waals surface area (Å²) in [6, 6.07) is -0.522. The molecule has 148 valence electrons. The number of hydrogen-bond donors (Lipinski definition) is 5. The Bertz CT molecular complexity index is 353. The summed E-state index contributed by atoms with van der Waals surface area (Å²) < 4.78 is 0. The van der Waals surface area contributed by atoms with E-state index in [9.17, 15) is 15.0 Å². The summed E-state index contributed by atoms with van der Waals surface area (Å²) >= 11 is 0. The van der Waals surface area contributed by atoms with Crippen LogP contribution in [-0.2, 0) is 4.79 Å². The van der Waals surface area contributed by atoms with Crippen molar-refractivity contribution in [1.82, 2.24) is 5.32 Å². The highest BCUT2D eigenvalue weighted by atomic mass is 16.3. The molecule has 0 aliphatic carbocycles. The number of aliphatic hydroxyl groups is 4. The van der Waals surface area contributed by atoms with Crippen molar-refractivity contribution in [1.29, 1.82) is 0 Å². The van der Waals surface area contributed by atoms with E-state index in [0.29, 0.717) is 19.3 Å². The molecular weight excluding hydrogens is 322 g/mol. The van der Waals surface area contributed by atoms with Crippen LogP contribution in [0.3, 0.4) is 0 Å². The molecule has 0 radical (unpaired) electrons. The van der Waals surface area contributed by atoms with Crippen LogP contribution in [0.4, 0.5) is 0 Å². The van der Waals surface area contributed by atoms with Crippen LogP contribution in [0.15, 0.2) is 0 Å². The third-order valence-corrected chi connectivity index (χ3v) is 5.13. The van der Waals surface area contributed by atoms with Crippen LogP contribution in [-0.4, -0.2) is 63.7 Å². The Morgan fingerprint density at radius 3 is 1.80 bits per heavy atom. The molecule has 6 nitrogen and oxygen atoms in total. The van der Waals surface area contributed by atoms with Gasteiger partial charge in [-0.25, -0.2) is 0 Å². The molecule has 5 N–H and O–H groups in total. The fourth-order valence-corrected chi connectivity index (χ4v) is 3.51. The fourth-order valence-electron chi connectivity index (χ4n) is 3.51. The van der Waals surface area contributed by atoms with Crippen molar-refractivity contribution < 1.29 is 25.2 Å². The van der Waals surface area contributed by atoms with Gasteiger partial charge in [-0.15, -0.1) is 0 Å². The number of carbonyl (C=O) groups excluding carboxylic acids is 1. The van der Waals surface area contributed by atoms with E-state index in [1.54, 1.807) is 0 Å². The largest absolute Gasteiger partial charge is 0.396 e. The molecular formula is C19H37NO5. The Balaban J connectivity index is 1.89. The van der Waals surface area contributed by atoms with E-state index in [0.717, 1.165) is 32.1 Å². The number of carbonyl (C=O) groups is 1. The number of nitrogens with one attached hydrogen (secondary N) is 1. The first-order valence-corrected chi connectivity index (χ1v) is 9.95. The highest BCUT2D eigenvalue weighted by molar-refractivity contribution is 5.78. The molecule has 6 heteroatoms. The van der Waals surface area contributed by atoms with Crippen molar-refractivity contribution >= 4 is 5.78 Å². The summed E-state index contributed by atoms with van der Waals surface area (Å²) in [4.78, 5) is 11.4. The number of ketones is 1. The summed E-state index contributed by atoms with van der Waals surface area (Å²) in [6.45, 7) is -0.0497. The standard InChI is InChI=1S/C19H37NO5/c21-13-9-11-15(23)10-7-5-3-1-2-4-6-8-12-16-18(24)19(25)17(14-22)20-16/h16-22,24-25H,1-14H2/t16-,17-,18-,19-/m1/s1. The van der Waals surface area contributed by atoms with Crippen LogP contribution in [0, 0.1) is 0 Å². The molecule has 0 aromatic carbocycles. The second-order valence-electron chi connectivity index (χ2n) is 7.28. The topological polar surface area (TPSA) is 110 Å². The molecule has 0 bridgehead atoms. The highest BCUT2D eigenvalue weighted by Crippen LogP contribution is 2.20. The number of aliphatic hydroxyl groups excluding tert-OH is 4. The Labute approximate surface area is 151 Å². The molecule has 1 rings (SSSR count). The summed E-state index contributed by atoms with van der Waals surface area (Å²) in [5.41, 5.74) is 0. The van der Waals surface area contributed by atoms with Crippen molar-refractivity contribution in [2.75, 3.05) is 13.2 Å². The van der Waals surface area contributed by atoms with Gasteiger partial charge in [-0.05, 0) is 19.3 Å². The van der Waals surface area contributed by atoms with Crippen molar-refractivity contribution in [2.24, 2.45) is 0 Å². The lowest BCUT2D eigenvalue weighted by Crippen LogP contribution is -2.36. The minimum Gasteiger partial charge on any atom is -0.396 e. The number of Topliss-reactive ketones (excluding diaryl/α,β-unsaturated/α-hetero) is 1. The lowest BCUT2D eigenvalue weighted by molar-refractivity contribution is -0.119. The van der Waals surface area contributed by atoms with Gasteiger partial charge in [0.2, 0.25) is 0 Å². The zero-order valence-corrected chi connectivity index (χ0v) is 15.4. The predicted octanol–water partition coefficient (Wildman–Crippen LogP) is 1.28. The minimum absolute atomic E-state index is 0.101. The van der Waals surface area contributed by atoms with Gasteiger partial charge in [-0.1, -0.05) is 44.9 Å². The molecule has 1 heterocycles. The lowest BCUT2D eigenvalue weighted by Gasteiger charge is -2.15. The molecule has 0 amide bonds. The molecule has 4 atom stereocenters. The van der Waals surface area contributed by atoms with Crippen LogP contribution in [0.1, 0.15) is 77.0 Å². The van der Waals surface area contributed by atoms with Gasteiger partial charge < -0.3 is 25.7 Å². The van der Waals surface area contributed by atoms with Crippen LogP contribution in [0.5, 0.6) is 0 Å². The van der Waals surface area contributed by atoms with Gasteiger partial charge in [0.15, 0.2) is 0 Å². The average molecular weight is 360 g/mol. The van der Waals surface area contributed by atoms with Crippen molar-refractivity contribution in [3.05, 3.63) is 0 Å². The van der Waals surface area contributed by atoms with E-state index in [4.69, 9.17) is 10.2 Å². The summed E-state index contributed by atoms with van der Waals surface area (Å²) in [5.74, 6) is 0.269. The minimum atomic E-state index is -0.870. The molecule has 1 saturated heterocycles. The Morgan fingerprint density at radius 2 is 1.24 bits per heavy atom. The molecule has 0 aromatic heterocycles. The zero-order chi connectivity index (χ0) is 18.5. The molecule has 1 aliphatic heterocycles. The van der Waals surface area contributed by atoms with Crippen molar-refractivity contribution in [3.63, 3.8) is 0 Å². The van der Waals surface area contributed by atoms with Crippen LogP contribution >= 0.6 is 0 Å². The maximum absolute atomic E-state index is 11.4. The zero-order valence-electron chi connectivity index (χ0n) is 15.4. The third-order valence-electron chi connectivity index (χ3n) is 5.13. The predicted molar refractivity (Wildman–Crippen MR) is 97.3 cm³/mol. The third kappa shape index (κ3) is 9.11. The smallest absolute Gasteiger partial charge is 0.132 e. The van der Waals surface area contributed by atoms with Crippen molar-refractivity contribution in [2.45, 2.75) is 101 Å². The molecule has 25 heavy (non-hydrogen) atoms. The van der Waals surface area contributed by atoms with E-state index in [2.05, 4.69) is 5.32 Å². The quantitative estimate of drug-likeness (QED) is 0.282. The molecule has 1 aliphatic rings. The number of rotatable bonds is 15. The first kappa shape index (κ1) is 22.5. The molecule has 1 fully saturated rings. The van der Waals surface area contributed by atoms with Gasteiger partial charge in [-0.2, -0.15) is 0 Å². The fraction of sp³-hybridized carbons (Fsp3) is 0.947. The van der Waals surface area contributed by atoms with Crippen LogP contribution < -0.4 is 5.32 Å². The highest BCUT2D eigenvalue weighted by Gasteiger charge is 2.39. The first-order chi connectivity index (χ1) is 12.1. The van der Waals surface area contributed by atoms with Gasteiger partial charge in [0.1, 0.15) is 5.78 Å². The average Bonchev–Trinajstić information content (AvgIpc) is 2.89. The van der Waals surface area contributed by atoms with Gasteiger partial charge >= 0.3 is 0 Å². The van der Waals surface area contributed by atoms with Crippen LogP contribution in [0.2, 0.25) is 0 Å². The molecule has 0 aromatic rings. The lowest BCUT2D eigenvalue weighted by atomic mass is 10.0. The second kappa shape index (κ2) is 13.6.